The Hall–Kier alpha value is -1.72. The summed E-state index contributed by atoms with van der Waals surface area (Å²) in [6.45, 7) is 7.54. The lowest BCUT2D eigenvalue weighted by Gasteiger charge is -2.19. The third-order valence-electron chi connectivity index (χ3n) is 5.07. The molecule has 0 aliphatic carbocycles. The first-order chi connectivity index (χ1) is 14.1. The molecule has 30 heavy (non-hydrogen) atoms. The van der Waals surface area contributed by atoms with Crippen LogP contribution in [0.4, 0.5) is 0 Å². The molecule has 2 aromatic rings. The van der Waals surface area contributed by atoms with E-state index >= 15 is 0 Å². The molecule has 1 saturated heterocycles. The van der Waals surface area contributed by atoms with Gasteiger partial charge in [-0.15, -0.1) is 34.2 Å². The minimum absolute atomic E-state index is 0. The maximum absolute atomic E-state index is 5.84. The van der Waals surface area contributed by atoms with Crippen molar-refractivity contribution in [2.75, 3.05) is 26.4 Å². The third-order valence-corrected chi connectivity index (χ3v) is 5.07. The Morgan fingerprint density at radius 1 is 1.33 bits per heavy atom. The van der Waals surface area contributed by atoms with E-state index in [0.717, 1.165) is 43.6 Å². The van der Waals surface area contributed by atoms with Crippen LogP contribution in [0.15, 0.2) is 35.3 Å². The minimum atomic E-state index is 0. The largest absolute Gasteiger partial charge is 0.379 e. The second-order valence-electron chi connectivity index (χ2n) is 7.30. The molecule has 0 amide bonds. The van der Waals surface area contributed by atoms with Crippen LogP contribution in [0.2, 0.25) is 0 Å². The van der Waals surface area contributed by atoms with Gasteiger partial charge in [0.2, 0.25) is 0 Å². The molecule has 1 aliphatic rings. The molecular formula is C21H33IN6O2. The summed E-state index contributed by atoms with van der Waals surface area (Å²) in [4.78, 5) is 4.72. The second-order valence-corrected chi connectivity index (χ2v) is 7.30. The van der Waals surface area contributed by atoms with Crippen molar-refractivity contribution in [3.8, 4) is 0 Å². The Bertz CT molecular complexity index is 777. The van der Waals surface area contributed by atoms with Crippen LogP contribution in [-0.2, 0) is 23.1 Å². The number of halogens is 1. The lowest BCUT2D eigenvalue weighted by molar-refractivity contribution is 0.0420. The molecule has 2 N–H and O–H groups in total. The fraction of sp³-hybridized carbons (Fsp3) is 0.571. The Labute approximate surface area is 195 Å². The van der Waals surface area contributed by atoms with E-state index < -0.39 is 0 Å². The number of hydrogen-bond donors (Lipinski definition) is 2. The van der Waals surface area contributed by atoms with Crippen LogP contribution in [0.5, 0.6) is 0 Å². The van der Waals surface area contributed by atoms with Crippen LogP contribution < -0.4 is 10.6 Å². The smallest absolute Gasteiger partial charge is 0.192 e. The van der Waals surface area contributed by atoms with Crippen LogP contribution in [0.1, 0.15) is 43.0 Å². The molecule has 1 aromatic carbocycles. The summed E-state index contributed by atoms with van der Waals surface area (Å²) in [5, 5.41) is 15.2. The number of nitrogens with one attached hydrogen (secondary N) is 2. The molecule has 1 aromatic heterocycles. The van der Waals surface area contributed by atoms with Gasteiger partial charge in [0, 0.05) is 26.8 Å². The van der Waals surface area contributed by atoms with Gasteiger partial charge in [-0.25, -0.2) is 4.99 Å². The number of rotatable bonds is 9. The van der Waals surface area contributed by atoms with Crippen LogP contribution in [0.25, 0.3) is 0 Å². The zero-order valence-electron chi connectivity index (χ0n) is 18.0. The number of nitrogens with zero attached hydrogens (tertiary/aromatic N) is 4. The number of guanidine groups is 1. The second kappa shape index (κ2) is 12.9. The molecule has 0 bridgehead atoms. The van der Waals surface area contributed by atoms with Crippen molar-refractivity contribution in [1.29, 1.82) is 0 Å². The van der Waals surface area contributed by atoms with Crippen molar-refractivity contribution in [2.45, 2.75) is 45.4 Å². The van der Waals surface area contributed by atoms with Crippen LogP contribution >= 0.6 is 24.0 Å². The number of aryl methyl sites for hydroxylation is 1. The number of benzene rings is 1. The highest BCUT2D eigenvalue weighted by molar-refractivity contribution is 14.0. The predicted molar refractivity (Wildman–Crippen MR) is 128 cm³/mol. The maximum Gasteiger partial charge on any atom is 0.192 e. The summed E-state index contributed by atoms with van der Waals surface area (Å²) < 4.78 is 13.1. The molecule has 166 valence electrons. The molecule has 8 nitrogen and oxygen atoms in total. The summed E-state index contributed by atoms with van der Waals surface area (Å²) in [6.07, 6.45) is 2.14. The molecular weight excluding hydrogens is 495 g/mol. The van der Waals surface area contributed by atoms with Crippen molar-refractivity contribution in [1.82, 2.24) is 25.4 Å². The highest BCUT2D eigenvalue weighted by Crippen LogP contribution is 2.11. The first-order valence-corrected chi connectivity index (χ1v) is 10.3. The zero-order chi connectivity index (χ0) is 20.5. The fourth-order valence-electron chi connectivity index (χ4n) is 3.09. The average molecular weight is 528 g/mol. The van der Waals surface area contributed by atoms with E-state index in [0.29, 0.717) is 19.8 Å². The van der Waals surface area contributed by atoms with Gasteiger partial charge < -0.3 is 24.7 Å². The van der Waals surface area contributed by atoms with E-state index in [1.165, 1.54) is 5.56 Å². The minimum Gasteiger partial charge on any atom is -0.379 e. The Morgan fingerprint density at radius 2 is 2.13 bits per heavy atom. The molecule has 3 rings (SSSR count). The normalized spacial score (nSPS) is 17.4. The van der Waals surface area contributed by atoms with Crippen LogP contribution in [-0.4, -0.2) is 53.2 Å². The van der Waals surface area contributed by atoms with Crippen molar-refractivity contribution in [2.24, 2.45) is 12.0 Å². The number of aromatic nitrogens is 3. The summed E-state index contributed by atoms with van der Waals surface area (Å²) in [5.41, 5.74) is 1.21. The lowest BCUT2D eigenvalue weighted by atomic mass is 10.1. The Balaban J connectivity index is 0.00000320. The van der Waals surface area contributed by atoms with Crippen LogP contribution in [0.3, 0.4) is 0 Å². The van der Waals surface area contributed by atoms with Gasteiger partial charge in [-0.2, -0.15) is 0 Å². The van der Waals surface area contributed by atoms with E-state index in [-0.39, 0.29) is 36.1 Å². The standard InChI is InChI=1S/C21H32N6O2.HI/c1-16(18-8-5-4-6-9-18)24-21(23-14-20-26-25-17(2)27(20)3)22-11-7-12-29-19-10-13-28-15-19;/h4-6,8-9,16,19H,7,10-15H2,1-3H3,(H2,22,23,24);1H. The number of hydrogen-bond acceptors (Lipinski definition) is 5. The Kier molecular flexibility index (Phi) is 10.5. The van der Waals surface area contributed by atoms with Gasteiger partial charge in [-0.1, -0.05) is 30.3 Å². The number of ether oxygens (including phenoxy) is 2. The molecule has 1 aliphatic heterocycles. The monoisotopic (exact) mass is 528 g/mol. The highest BCUT2D eigenvalue weighted by atomic mass is 127. The quantitative estimate of drug-likeness (QED) is 0.226. The van der Waals surface area contributed by atoms with Crippen molar-refractivity contribution in [3.63, 3.8) is 0 Å². The first kappa shape index (κ1) is 24.5. The third kappa shape index (κ3) is 7.51. The van der Waals surface area contributed by atoms with Gasteiger partial charge in [0.25, 0.3) is 0 Å². The average Bonchev–Trinajstić information content (AvgIpc) is 3.37. The van der Waals surface area contributed by atoms with Crippen molar-refractivity contribution in [3.05, 3.63) is 47.5 Å². The van der Waals surface area contributed by atoms with E-state index in [1.807, 2.05) is 36.7 Å². The highest BCUT2D eigenvalue weighted by Gasteiger charge is 2.15. The molecule has 2 atom stereocenters. The SMILES string of the molecule is Cc1nnc(CN=C(NCCCOC2CCOC2)NC(C)c2ccccc2)n1C.I. The summed E-state index contributed by atoms with van der Waals surface area (Å²) in [5.74, 6) is 2.47. The first-order valence-electron chi connectivity index (χ1n) is 10.3. The summed E-state index contributed by atoms with van der Waals surface area (Å²) in [6, 6.07) is 10.5. The van der Waals surface area contributed by atoms with Crippen molar-refractivity contribution >= 4 is 29.9 Å². The summed E-state index contributed by atoms with van der Waals surface area (Å²) in [7, 11) is 1.96. The maximum atomic E-state index is 5.84. The fourth-order valence-corrected chi connectivity index (χ4v) is 3.09. The molecule has 2 heterocycles. The molecule has 2 unspecified atom stereocenters. The molecule has 1 fully saturated rings. The van der Waals surface area contributed by atoms with Crippen molar-refractivity contribution < 1.29 is 9.47 Å². The lowest BCUT2D eigenvalue weighted by Crippen LogP contribution is -2.39. The van der Waals surface area contributed by atoms with Gasteiger partial charge in [-0.3, -0.25) is 0 Å². The van der Waals surface area contributed by atoms with Gasteiger partial charge in [0.15, 0.2) is 11.8 Å². The molecule has 9 heteroatoms. The molecule has 0 saturated carbocycles. The van der Waals surface area contributed by atoms with E-state index in [9.17, 15) is 0 Å². The van der Waals surface area contributed by atoms with E-state index in [1.54, 1.807) is 0 Å². The van der Waals surface area contributed by atoms with Gasteiger partial charge in [-0.05, 0) is 32.3 Å². The van der Waals surface area contributed by atoms with Gasteiger partial charge in [0.05, 0.1) is 18.8 Å². The number of aliphatic imine (C=N–C) groups is 1. The van der Waals surface area contributed by atoms with E-state index in [2.05, 4.69) is 39.9 Å². The topological polar surface area (TPSA) is 85.6 Å². The molecule has 0 spiro atoms. The van der Waals surface area contributed by atoms with Gasteiger partial charge in [0.1, 0.15) is 12.4 Å². The Morgan fingerprint density at radius 3 is 2.80 bits per heavy atom. The zero-order valence-corrected chi connectivity index (χ0v) is 20.3. The van der Waals surface area contributed by atoms with Crippen LogP contribution in [0, 0.1) is 6.92 Å². The predicted octanol–water partition coefficient (Wildman–Crippen LogP) is 2.73. The van der Waals surface area contributed by atoms with E-state index in [4.69, 9.17) is 14.5 Å². The van der Waals surface area contributed by atoms with Gasteiger partial charge >= 0.3 is 0 Å². The summed E-state index contributed by atoms with van der Waals surface area (Å²) >= 11 is 0. The molecule has 0 radical (unpaired) electrons.